The van der Waals surface area contributed by atoms with Crippen LogP contribution in [0.4, 0.5) is 0 Å². The van der Waals surface area contributed by atoms with Crippen molar-refractivity contribution in [3.05, 3.63) is 114 Å². The molecule has 1 unspecified atom stereocenters. The Morgan fingerprint density at radius 1 is 0.912 bits per heavy atom. The Bertz CT molecular complexity index is 1050. The number of benzene rings is 3. The summed E-state index contributed by atoms with van der Waals surface area (Å²) < 4.78 is 0. The Morgan fingerprint density at radius 2 is 1.53 bits per heavy atom. The van der Waals surface area contributed by atoms with Crippen LogP contribution in [0, 0.1) is 0 Å². The minimum Gasteiger partial charge on any atom is -0.386 e. The zero-order chi connectivity index (χ0) is 23.6. The number of nitrogens with zero attached hydrogens (tertiary/aromatic N) is 2. The van der Waals surface area contributed by atoms with Crippen LogP contribution in [0.3, 0.4) is 0 Å². The van der Waals surface area contributed by atoms with Gasteiger partial charge in [-0.2, -0.15) is 0 Å². The Balaban J connectivity index is 1.62. The molecule has 1 atom stereocenters. The molecule has 4 heteroatoms. The van der Waals surface area contributed by atoms with Crippen LogP contribution >= 0.6 is 0 Å². The van der Waals surface area contributed by atoms with Gasteiger partial charge in [-0.05, 0) is 29.5 Å². The molecule has 1 amide bonds. The summed E-state index contributed by atoms with van der Waals surface area (Å²) in [6.07, 6.45) is 5.95. The van der Waals surface area contributed by atoms with Crippen molar-refractivity contribution in [2.24, 2.45) is 0 Å². The molecule has 34 heavy (non-hydrogen) atoms. The monoisotopic (exact) mass is 453 g/mol. The Labute approximate surface area is 203 Å². The molecule has 1 aliphatic rings. The molecule has 3 aromatic carbocycles. The lowest BCUT2D eigenvalue weighted by Crippen LogP contribution is -2.44. The van der Waals surface area contributed by atoms with E-state index in [-0.39, 0.29) is 11.9 Å². The highest BCUT2D eigenvalue weighted by atomic mass is 16.2. The first-order valence-corrected chi connectivity index (χ1v) is 12.3. The maximum Gasteiger partial charge on any atom is 0.223 e. The van der Waals surface area contributed by atoms with Gasteiger partial charge in [0.15, 0.2) is 0 Å². The predicted octanol–water partition coefficient (Wildman–Crippen LogP) is 5.68. The minimum atomic E-state index is 0.170. The molecule has 0 saturated carbocycles. The maximum absolute atomic E-state index is 13.1. The maximum atomic E-state index is 13.1. The molecule has 3 aromatic rings. The molecule has 1 aliphatic heterocycles. The van der Waals surface area contributed by atoms with Gasteiger partial charge < -0.3 is 15.1 Å². The number of likely N-dealkylation sites (tertiary alicyclic amines) is 1. The molecule has 4 nitrogen and oxygen atoms in total. The van der Waals surface area contributed by atoms with Crippen LogP contribution in [-0.4, -0.2) is 35.3 Å². The van der Waals surface area contributed by atoms with E-state index < -0.39 is 0 Å². The number of hydrogen-bond acceptors (Lipinski definition) is 3. The van der Waals surface area contributed by atoms with Gasteiger partial charge in [-0.1, -0.05) is 97.4 Å². The summed E-state index contributed by atoms with van der Waals surface area (Å²) in [7, 11) is 1.97. The lowest BCUT2D eigenvalue weighted by atomic mass is 10.1. The number of amides is 1. The van der Waals surface area contributed by atoms with E-state index in [0.717, 1.165) is 43.6 Å². The van der Waals surface area contributed by atoms with E-state index in [0.29, 0.717) is 13.0 Å². The standard InChI is InChI=1S/C30H35N3O/c1-31-29(27-17-9-4-10-18-27)24-32(21-25-13-5-2-6-14-25)23-28-19-11-12-20-30(34)33(28)22-26-15-7-3-8-16-26/h2-10,13-18,24,28,31H,11-12,19-23H2,1H3/b29-24-. The van der Waals surface area contributed by atoms with Crippen LogP contribution in [-0.2, 0) is 17.9 Å². The minimum absolute atomic E-state index is 0.170. The van der Waals surface area contributed by atoms with Crippen molar-refractivity contribution in [3.8, 4) is 0 Å². The first kappa shape index (κ1) is 23.6. The topological polar surface area (TPSA) is 35.6 Å². The highest BCUT2D eigenvalue weighted by Crippen LogP contribution is 2.23. The summed E-state index contributed by atoms with van der Waals surface area (Å²) >= 11 is 0. The fourth-order valence-corrected chi connectivity index (χ4v) is 4.68. The zero-order valence-corrected chi connectivity index (χ0v) is 20.1. The van der Waals surface area contributed by atoms with Gasteiger partial charge in [-0.3, -0.25) is 4.79 Å². The summed E-state index contributed by atoms with van der Waals surface area (Å²) in [6, 6.07) is 31.5. The second-order valence-corrected chi connectivity index (χ2v) is 8.98. The molecule has 0 aliphatic carbocycles. The quantitative estimate of drug-likeness (QED) is 0.453. The van der Waals surface area contributed by atoms with E-state index in [1.165, 1.54) is 11.1 Å². The number of carbonyl (C=O) groups excluding carboxylic acids is 1. The van der Waals surface area contributed by atoms with Crippen LogP contribution < -0.4 is 5.32 Å². The summed E-state index contributed by atoms with van der Waals surface area (Å²) in [4.78, 5) is 17.6. The van der Waals surface area contributed by atoms with Crippen LogP contribution in [0.5, 0.6) is 0 Å². The first-order valence-electron chi connectivity index (χ1n) is 12.3. The molecular weight excluding hydrogens is 418 g/mol. The van der Waals surface area contributed by atoms with Crippen LogP contribution in [0.15, 0.2) is 97.2 Å². The van der Waals surface area contributed by atoms with Gasteiger partial charge in [0, 0.05) is 45.3 Å². The average Bonchev–Trinajstić information content (AvgIpc) is 3.05. The fourth-order valence-electron chi connectivity index (χ4n) is 4.68. The van der Waals surface area contributed by atoms with Gasteiger partial charge in [-0.25, -0.2) is 0 Å². The zero-order valence-electron chi connectivity index (χ0n) is 20.1. The average molecular weight is 454 g/mol. The molecule has 0 bridgehead atoms. The van der Waals surface area contributed by atoms with Crippen molar-refractivity contribution in [3.63, 3.8) is 0 Å². The lowest BCUT2D eigenvalue weighted by molar-refractivity contribution is -0.133. The van der Waals surface area contributed by atoms with E-state index in [2.05, 4.69) is 100 Å². The van der Waals surface area contributed by atoms with Gasteiger partial charge in [0.25, 0.3) is 0 Å². The Hall–Kier alpha value is -3.53. The molecule has 1 fully saturated rings. The highest BCUT2D eigenvalue weighted by molar-refractivity contribution is 5.76. The Morgan fingerprint density at radius 3 is 2.18 bits per heavy atom. The molecular formula is C30H35N3O. The highest BCUT2D eigenvalue weighted by Gasteiger charge is 2.27. The predicted molar refractivity (Wildman–Crippen MR) is 140 cm³/mol. The van der Waals surface area contributed by atoms with Crippen LogP contribution in [0.1, 0.15) is 42.4 Å². The third-order valence-corrected chi connectivity index (χ3v) is 6.47. The third-order valence-electron chi connectivity index (χ3n) is 6.47. The summed E-state index contributed by atoms with van der Waals surface area (Å²) in [5.74, 6) is 0.270. The van der Waals surface area contributed by atoms with E-state index >= 15 is 0 Å². The van der Waals surface area contributed by atoms with Crippen molar-refractivity contribution in [1.29, 1.82) is 0 Å². The molecule has 0 radical (unpaired) electrons. The molecule has 0 spiro atoms. The normalized spacial score (nSPS) is 16.7. The van der Waals surface area contributed by atoms with E-state index in [4.69, 9.17) is 0 Å². The van der Waals surface area contributed by atoms with Gasteiger partial charge in [0.2, 0.25) is 5.91 Å². The van der Waals surface area contributed by atoms with E-state index in [9.17, 15) is 4.79 Å². The number of nitrogens with one attached hydrogen (secondary N) is 1. The van der Waals surface area contributed by atoms with Crippen LogP contribution in [0.2, 0.25) is 0 Å². The van der Waals surface area contributed by atoms with Crippen LogP contribution in [0.25, 0.3) is 5.70 Å². The van der Waals surface area contributed by atoms with Crippen molar-refractivity contribution in [2.75, 3.05) is 13.6 Å². The number of rotatable bonds is 9. The molecule has 1 N–H and O–H groups in total. The van der Waals surface area contributed by atoms with Gasteiger partial charge in [0.1, 0.15) is 0 Å². The van der Waals surface area contributed by atoms with Gasteiger partial charge in [-0.15, -0.1) is 0 Å². The SMILES string of the molecule is CN/C(=C\N(Cc1ccccc1)CC1CCCCC(=O)N1Cc1ccccc1)c1ccccc1. The van der Waals surface area contributed by atoms with Crippen molar-refractivity contribution >= 4 is 11.6 Å². The van der Waals surface area contributed by atoms with E-state index in [1.807, 2.05) is 19.2 Å². The second kappa shape index (κ2) is 12.1. The van der Waals surface area contributed by atoms with E-state index in [1.54, 1.807) is 0 Å². The first-order chi connectivity index (χ1) is 16.7. The number of hydrogen-bond donors (Lipinski definition) is 1. The number of carbonyl (C=O) groups is 1. The molecule has 176 valence electrons. The largest absolute Gasteiger partial charge is 0.386 e. The summed E-state index contributed by atoms with van der Waals surface area (Å²) in [6.45, 7) is 2.26. The van der Waals surface area contributed by atoms with Gasteiger partial charge >= 0.3 is 0 Å². The molecule has 4 rings (SSSR count). The van der Waals surface area contributed by atoms with Gasteiger partial charge in [0.05, 0.1) is 5.70 Å². The lowest BCUT2D eigenvalue weighted by Gasteiger charge is -2.35. The Kier molecular flexibility index (Phi) is 8.39. The molecule has 0 aromatic heterocycles. The molecule has 1 heterocycles. The molecule has 1 saturated heterocycles. The second-order valence-electron chi connectivity index (χ2n) is 8.98. The summed E-state index contributed by atoms with van der Waals surface area (Å²) in [5, 5.41) is 3.38. The summed E-state index contributed by atoms with van der Waals surface area (Å²) in [5.41, 5.74) is 4.68. The smallest absolute Gasteiger partial charge is 0.223 e. The van der Waals surface area contributed by atoms with Crippen molar-refractivity contribution in [2.45, 2.75) is 44.8 Å². The van der Waals surface area contributed by atoms with Crippen molar-refractivity contribution in [1.82, 2.24) is 15.1 Å². The fraction of sp³-hybridized carbons (Fsp3) is 0.300. The van der Waals surface area contributed by atoms with Crippen molar-refractivity contribution < 1.29 is 4.79 Å². The third kappa shape index (κ3) is 6.50.